The summed E-state index contributed by atoms with van der Waals surface area (Å²) in [4.78, 5) is 8.21. The first-order chi connectivity index (χ1) is 7.66. The molecular weight excluding hydrogens is 262 g/mol. The largest absolute Gasteiger partial charge is 0.375 e. The van der Waals surface area contributed by atoms with Gasteiger partial charge in [0.05, 0.1) is 9.90 Å². The van der Waals surface area contributed by atoms with Crippen molar-refractivity contribution in [1.29, 1.82) is 0 Å². The number of nitrogens with two attached hydrogens (primary N) is 1. The molecule has 3 nitrogen and oxygen atoms in total. The van der Waals surface area contributed by atoms with Crippen LogP contribution >= 0.6 is 34.7 Å². The van der Waals surface area contributed by atoms with Crippen molar-refractivity contribution in [3.63, 3.8) is 0 Å². The van der Waals surface area contributed by atoms with Gasteiger partial charge in [0.25, 0.3) is 0 Å². The maximum atomic E-state index is 5.97. The molecule has 2 heterocycles. The highest BCUT2D eigenvalue weighted by Crippen LogP contribution is 2.33. The number of aromatic nitrogens is 2. The van der Waals surface area contributed by atoms with Crippen LogP contribution in [-0.2, 0) is 5.75 Å². The fourth-order valence-electron chi connectivity index (χ4n) is 1.21. The molecule has 6 heteroatoms. The average Bonchev–Trinajstić information content (AvgIpc) is 2.56. The lowest BCUT2D eigenvalue weighted by Crippen LogP contribution is -1.85. The molecule has 0 spiro atoms. The highest BCUT2D eigenvalue weighted by Gasteiger charge is 2.07. The van der Waals surface area contributed by atoms with Gasteiger partial charge < -0.3 is 5.73 Å². The Morgan fingerprint density at radius 3 is 3.00 bits per heavy atom. The maximum absolute atomic E-state index is 5.97. The molecule has 2 rings (SSSR count). The Balaban J connectivity index is 2.08. The summed E-state index contributed by atoms with van der Waals surface area (Å²) in [5, 5.41) is 1.17. The standard InChI is InChI=1S/C10H10ClN3S2/c1-6-9(16-10(12)14-6)15-5-7-3-2-4-13-8(7)11/h2-4H,5H2,1H3,(H2,12,14). The van der Waals surface area contributed by atoms with Crippen LogP contribution in [0.15, 0.2) is 22.5 Å². The van der Waals surface area contributed by atoms with Crippen LogP contribution in [0.25, 0.3) is 0 Å². The number of thioether (sulfide) groups is 1. The summed E-state index contributed by atoms with van der Waals surface area (Å²) < 4.78 is 1.14. The number of halogens is 1. The molecule has 0 radical (unpaired) electrons. The fourth-order valence-corrected chi connectivity index (χ4v) is 3.48. The van der Waals surface area contributed by atoms with Gasteiger partial charge in [-0.2, -0.15) is 0 Å². The maximum Gasteiger partial charge on any atom is 0.181 e. The lowest BCUT2D eigenvalue weighted by Gasteiger charge is -2.01. The summed E-state index contributed by atoms with van der Waals surface area (Å²) in [7, 11) is 0. The Morgan fingerprint density at radius 1 is 1.56 bits per heavy atom. The number of anilines is 1. The zero-order valence-electron chi connectivity index (χ0n) is 8.61. The molecular formula is C10H10ClN3S2. The van der Waals surface area contributed by atoms with Crippen molar-refractivity contribution in [1.82, 2.24) is 9.97 Å². The van der Waals surface area contributed by atoms with Gasteiger partial charge in [0.15, 0.2) is 5.13 Å². The number of thiazole rings is 1. The third-order valence-corrected chi connectivity index (χ3v) is 4.70. The summed E-state index contributed by atoms with van der Waals surface area (Å²) in [6.07, 6.45) is 1.69. The SMILES string of the molecule is Cc1nc(N)sc1SCc1cccnc1Cl. The van der Waals surface area contributed by atoms with E-state index in [9.17, 15) is 0 Å². The van der Waals surface area contributed by atoms with E-state index in [1.54, 1.807) is 18.0 Å². The third kappa shape index (κ3) is 2.66. The number of pyridine rings is 1. The zero-order valence-corrected chi connectivity index (χ0v) is 11.0. The van der Waals surface area contributed by atoms with Crippen molar-refractivity contribution in [3.05, 3.63) is 34.7 Å². The molecule has 0 saturated heterocycles. The quantitative estimate of drug-likeness (QED) is 0.687. The van der Waals surface area contributed by atoms with Crippen molar-refractivity contribution in [2.45, 2.75) is 16.9 Å². The molecule has 2 aromatic rings. The van der Waals surface area contributed by atoms with Crippen LogP contribution in [0.2, 0.25) is 5.15 Å². The lowest BCUT2D eigenvalue weighted by molar-refractivity contribution is 1.21. The second kappa shape index (κ2) is 5.03. The first-order valence-electron chi connectivity index (χ1n) is 4.62. The Hall–Kier alpha value is -0.780. The predicted octanol–water partition coefficient (Wildman–Crippen LogP) is 3.37. The molecule has 0 unspecified atom stereocenters. The Morgan fingerprint density at radius 2 is 2.38 bits per heavy atom. The Labute approximate surface area is 107 Å². The minimum Gasteiger partial charge on any atom is -0.375 e. The molecule has 0 saturated carbocycles. The van der Waals surface area contributed by atoms with Crippen LogP contribution in [0, 0.1) is 6.92 Å². The minimum atomic E-state index is 0.560. The number of rotatable bonds is 3. The van der Waals surface area contributed by atoms with E-state index in [1.807, 2.05) is 19.1 Å². The van der Waals surface area contributed by atoms with Crippen LogP contribution in [-0.4, -0.2) is 9.97 Å². The van der Waals surface area contributed by atoms with Gasteiger partial charge in [0.2, 0.25) is 0 Å². The molecule has 84 valence electrons. The first kappa shape index (κ1) is 11.7. The average molecular weight is 272 g/mol. The van der Waals surface area contributed by atoms with Gasteiger partial charge in [-0.1, -0.05) is 29.0 Å². The molecule has 2 N–H and O–H groups in total. The van der Waals surface area contributed by atoms with Crippen LogP contribution in [0.4, 0.5) is 5.13 Å². The van der Waals surface area contributed by atoms with Crippen molar-refractivity contribution < 1.29 is 0 Å². The zero-order chi connectivity index (χ0) is 11.5. The number of hydrogen-bond acceptors (Lipinski definition) is 5. The second-order valence-corrected chi connectivity index (χ2v) is 5.80. The lowest BCUT2D eigenvalue weighted by atomic mass is 10.3. The summed E-state index contributed by atoms with van der Waals surface area (Å²) in [6, 6.07) is 3.86. The van der Waals surface area contributed by atoms with Gasteiger partial charge >= 0.3 is 0 Å². The van der Waals surface area contributed by atoms with Crippen molar-refractivity contribution in [3.8, 4) is 0 Å². The molecule has 2 aromatic heterocycles. The van der Waals surface area contributed by atoms with E-state index in [0.717, 1.165) is 21.2 Å². The molecule has 0 fully saturated rings. The summed E-state index contributed by atoms with van der Waals surface area (Å²) in [5.41, 5.74) is 7.64. The van der Waals surface area contributed by atoms with E-state index in [2.05, 4.69) is 9.97 Å². The van der Waals surface area contributed by atoms with Crippen molar-refractivity contribution in [2.75, 3.05) is 5.73 Å². The van der Waals surface area contributed by atoms with E-state index >= 15 is 0 Å². The number of aryl methyl sites for hydroxylation is 1. The third-order valence-electron chi connectivity index (χ3n) is 1.97. The van der Waals surface area contributed by atoms with E-state index < -0.39 is 0 Å². The van der Waals surface area contributed by atoms with Gasteiger partial charge in [-0.05, 0) is 18.6 Å². The highest BCUT2D eigenvalue weighted by atomic mass is 35.5. The molecule has 0 aromatic carbocycles. The predicted molar refractivity (Wildman–Crippen MR) is 70.1 cm³/mol. The molecule has 0 bridgehead atoms. The van der Waals surface area contributed by atoms with Gasteiger partial charge in [0, 0.05) is 11.9 Å². The Kier molecular flexibility index (Phi) is 3.68. The first-order valence-corrected chi connectivity index (χ1v) is 6.80. The van der Waals surface area contributed by atoms with Gasteiger partial charge in [0.1, 0.15) is 5.15 Å². The van der Waals surface area contributed by atoms with Crippen LogP contribution in [0.1, 0.15) is 11.3 Å². The molecule has 0 aliphatic rings. The second-order valence-electron chi connectivity index (χ2n) is 3.17. The summed E-state index contributed by atoms with van der Waals surface area (Å²) in [5.74, 6) is 0.787. The highest BCUT2D eigenvalue weighted by molar-refractivity contribution is 8.00. The molecule has 0 amide bonds. The van der Waals surface area contributed by atoms with Gasteiger partial charge in [-0.25, -0.2) is 9.97 Å². The van der Waals surface area contributed by atoms with Crippen molar-refractivity contribution >= 4 is 39.8 Å². The monoisotopic (exact) mass is 271 g/mol. The molecule has 0 aliphatic heterocycles. The van der Waals surface area contributed by atoms with Crippen LogP contribution < -0.4 is 5.73 Å². The number of nitrogen functional groups attached to an aromatic ring is 1. The van der Waals surface area contributed by atoms with E-state index in [1.165, 1.54) is 11.3 Å². The van der Waals surface area contributed by atoms with Gasteiger partial charge in [-0.3, -0.25) is 0 Å². The summed E-state index contributed by atoms with van der Waals surface area (Å²) >= 11 is 9.17. The van der Waals surface area contributed by atoms with E-state index in [-0.39, 0.29) is 0 Å². The van der Waals surface area contributed by atoms with Crippen molar-refractivity contribution in [2.24, 2.45) is 0 Å². The molecule has 0 atom stereocenters. The normalized spacial score (nSPS) is 10.6. The number of nitrogens with zero attached hydrogens (tertiary/aromatic N) is 2. The van der Waals surface area contributed by atoms with Crippen LogP contribution in [0.5, 0.6) is 0 Å². The van der Waals surface area contributed by atoms with E-state index in [0.29, 0.717) is 10.3 Å². The summed E-state index contributed by atoms with van der Waals surface area (Å²) in [6.45, 7) is 1.96. The topological polar surface area (TPSA) is 51.8 Å². The molecule has 16 heavy (non-hydrogen) atoms. The Bertz CT molecular complexity index is 499. The van der Waals surface area contributed by atoms with Gasteiger partial charge in [-0.15, -0.1) is 11.8 Å². The molecule has 0 aliphatic carbocycles. The minimum absolute atomic E-state index is 0.560. The number of hydrogen-bond donors (Lipinski definition) is 1. The van der Waals surface area contributed by atoms with E-state index in [4.69, 9.17) is 17.3 Å². The smallest absolute Gasteiger partial charge is 0.181 e. The van der Waals surface area contributed by atoms with Crippen LogP contribution in [0.3, 0.4) is 0 Å². The fraction of sp³-hybridized carbons (Fsp3) is 0.200.